The molecule has 0 fully saturated rings. The van der Waals surface area contributed by atoms with Crippen molar-refractivity contribution in [2.24, 2.45) is 0 Å². The number of ether oxygens (including phenoxy) is 1. The molecule has 0 aliphatic rings. The number of unbranched alkanes of at least 4 members (excludes halogenated alkanes) is 44. The first-order chi connectivity index (χ1) is 34.5. The Morgan fingerprint density at radius 1 is 0.400 bits per heavy atom. The summed E-state index contributed by atoms with van der Waals surface area (Å²) in [6.45, 7) is 4.94. The molecule has 6 heteroatoms. The number of aliphatic hydroxyl groups excluding tert-OH is 2. The standard InChI is InChI=1S/C64H123NO5/c1-3-5-7-9-11-13-15-17-18-19-24-28-31-34-38-42-46-50-54-58-64(69)70-59-55-51-47-43-39-35-32-29-26-23-21-20-22-25-27-30-33-37-41-45-49-53-57-63(68)65-61(60-66)62(67)56-52-48-44-40-36-16-14-12-10-8-6-4-2/h11,13,17-18,61-62,66-67H,3-10,12,14-16,19-60H2,1-2H3,(H,65,68)/b13-11-,18-17-. The van der Waals surface area contributed by atoms with Gasteiger partial charge >= 0.3 is 5.97 Å². The van der Waals surface area contributed by atoms with E-state index in [1.807, 2.05) is 0 Å². The molecule has 0 bridgehead atoms. The molecule has 2 atom stereocenters. The van der Waals surface area contributed by atoms with Gasteiger partial charge in [-0.25, -0.2) is 0 Å². The molecule has 3 N–H and O–H groups in total. The maximum atomic E-state index is 12.5. The van der Waals surface area contributed by atoms with Crippen molar-refractivity contribution < 1.29 is 24.5 Å². The summed E-state index contributed by atoms with van der Waals surface area (Å²) < 4.78 is 5.50. The molecule has 0 saturated heterocycles. The number of rotatable bonds is 59. The van der Waals surface area contributed by atoms with Crippen molar-refractivity contribution in [3.8, 4) is 0 Å². The fourth-order valence-corrected chi connectivity index (χ4v) is 9.91. The highest BCUT2D eigenvalue weighted by Gasteiger charge is 2.20. The molecule has 0 rings (SSSR count). The molecule has 0 radical (unpaired) electrons. The van der Waals surface area contributed by atoms with Gasteiger partial charge in [0.05, 0.1) is 25.4 Å². The van der Waals surface area contributed by atoms with E-state index < -0.39 is 12.1 Å². The van der Waals surface area contributed by atoms with Crippen LogP contribution in [-0.2, 0) is 14.3 Å². The lowest BCUT2D eigenvalue weighted by molar-refractivity contribution is -0.143. The number of allylic oxidation sites excluding steroid dienone is 4. The van der Waals surface area contributed by atoms with Crippen LogP contribution in [0.2, 0.25) is 0 Å². The van der Waals surface area contributed by atoms with Gasteiger partial charge in [-0.3, -0.25) is 9.59 Å². The molecule has 0 aliphatic heterocycles. The summed E-state index contributed by atoms with van der Waals surface area (Å²) in [5, 5.41) is 23.2. The lowest BCUT2D eigenvalue weighted by Gasteiger charge is -2.22. The molecule has 0 heterocycles. The summed E-state index contributed by atoms with van der Waals surface area (Å²) in [6.07, 6.45) is 73.3. The minimum absolute atomic E-state index is 0.00992. The quantitative estimate of drug-likeness (QED) is 0.0321. The average molecular weight is 987 g/mol. The monoisotopic (exact) mass is 986 g/mol. The lowest BCUT2D eigenvalue weighted by atomic mass is 10.0. The molecule has 1 amide bonds. The van der Waals surface area contributed by atoms with Crippen LogP contribution in [0, 0.1) is 0 Å². The van der Waals surface area contributed by atoms with Crippen molar-refractivity contribution >= 4 is 11.9 Å². The van der Waals surface area contributed by atoms with Crippen LogP contribution in [0.15, 0.2) is 24.3 Å². The zero-order chi connectivity index (χ0) is 50.7. The number of aliphatic hydroxyl groups is 2. The van der Waals surface area contributed by atoms with Gasteiger partial charge in [0.15, 0.2) is 0 Å². The summed E-state index contributed by atoms with van der Waals surface area (Å²) >= 11 is 0. The third kappa shape index (κ3) is 55.7. The van der Waals surface area contributed by atoms with Crippen molar-refractivity contribution in [3.05, 3.63) is 24.3 Å². The molecule has 0 aliphatic carbocycles. The molecule has 0 aromatic rings. The van der Waals surface area contributed by atoms with E-state index in [0.29, 0.717) is 25.9 Å². The SMILES string of the molecule is CCCCC/C=C\C/C=C\CCCCCCCCCCCC(=O)OCCCCCCCCCCCCCCCCCCCCCCCCC(=O)NC(CO)C(O)CCCCCCCCCCCCCC. The highest BCUT2D eigenvalue weighted by molar-refractivity contribution is 5.76. The Morgan fingerprint density at radius 2 is 0.714 bits per heavy atom. The predicted octanol–water partition coefficient (Wildman–Crippen LogP) is 19.8. The fraction of sp³-hybridized carbons (Fsp3) is 0.906. The van der Waals surface area contributed by atoms with Crippen molar-refractivity contribution in [2.45, 2.75) is 360 Å². The second-order valence-corrected chi connectivity index (χ2v) is 21.7. The van der Waals surface area contributed by atoms with Gasteiger partial charge in [0.2, 0.25) is 5.91 Å². The maximum Gasteiger partial charge on any atom is 0.305 e. The summed E-state index contributed by atoms with van der Waals surface area (Å²) in [6, 6.07) is -0.540. The first kappa shape index (κ1) is 68.3. The molecular formula is C64H123NO5. The van der Waals surface area contributed by atoms with E-state index in [1.54, 1.807) is 0 Å². The maximum absolute atomic E-state index is 12.5. The first-order valence-electron chi connectivity index (χ1n) is 31.6. The number of amides is 1. The Balaban J connectivity index is 3.35. The molecule has 0 aromatic carbocycles. The average Bonchev–Trinajstić information content (AvgIpc) is 3.36. The number of carbonyl (C=O) groups is 2. The number of carbonyl (C=O) groups excluding carboxylic acids is 2. The van der Waals surface area contributed by atoms with Crippen LogP contribution < -0.4 is 5.32 Å². The highest BCUT2D eigenvalue weighted by Crippen LogP contribution is 2.18. The summed E-state index contributed by atoms with van der Waals surface area (Å²) in [4.78, 5) is 24.6. The molecule has 2 unspecified atom stereocenters. The fourth-order valence-electron chi connectivity index (χ4n) is 9.91. The highest BCUT2D eigenvalue weighted by atomic mass is 16.5. The van der Waals surface area contributed by atoms with E-state index >= 15 is 0 Å². The molecule has 0 aromatic heterocycles. The Bertz CT molecular complexity index is 1090. The Kier molecular flexibility index (Phi) is 58.5. The van der Waals surface area contributed by atoms with Crippen molar-refractivity contribution in [3.63, 3.8) is 0 Å². The normalized spacial score (nSPS) is 12.7. The third-order valence-corrected chi connectivity index (χ3v) is 14.8. The van der Waals surface area contributed by atoms with E-state index in [-0.39, 0.29) is 18.5 Å². The number of hydrogen-bond donors (Lipinski definition) is 3. The topological polar surface area (TPSA) is 95.9 Å². The van der Waals surface area contributed by atoms with Crippen LogP contribution in [0.5, 0.6) is 0 Å². The van der Waals surface area contributed by atoms with E-state index in [0.717, 1.165) is 51.4 Å². The molecule has 70 heavy (non-hydrogen) atoms. The van der Waals surface area contributed by atoms with Crippen LogP contribution in [0.25, 0.3) is 0 Å². The van der Waals surface area contributed by atoms with E-state index in [2.05, 4.69) is 43.5 Å². The van der Waals surface area contributed by atoms with E-state index in [9.17, 15) is 19.8 Å². The summed E-state index contributed by atoms with van der Waals surface area (Å²) in [5.41, 5.74) is 0. The van der Waals surface area contributed by atoms with Gasteiger partial charge in [0.1, 0.15) is 0 Å². The summed E-state index contributed by atoms with van der Waals surface area (Å²) in [7, 11) is 0. The predicted molar refractivity (Wildman–Crippen MR) is 306 cm³/mol. The van der Waals surface area contributed by atoms with Gasteiger partial charge in [-0.1, -0.05) is 301 Å². The van der Waals surface area contributed by atoms with Gasteiger partial charge in [0, 0.05) is 12.8 Å². The Hall–Kier alpha value is -1.66. The molecular weight excluding hydrogens is 863 g/mol. The van der Waals surface area contributed by atoms with Gasteiger partial charge in [-0.05, 0) is 57.8 Å². The zero-order valence-electron chi connectivity index (χ0n) is 47.3. The van der Waals surface area contributed by atoms with Crippen LogP contribution in [0.3, 0.4) is 0 Å². The number of hydrogen-bond acceptors (Lipinski definition) is 5. The largest absolute Gasteiger partial charge is 0.466 e. The molecule has 6 nitrogen and oxygen atoms in total. The zero-order valence-corrected chi connectivity index (χ0v) is 47.3. The third-order valence-electron chi connectivity index (χ3n) is 14.8. The molecule has 0 saturated carbocycles. The summed E-state index contributed by atoms with van der Waals surface area (Å²) in [5.74, 6) is -0.0245. The minimum Gasteiger partial charge on any atom is -0.466 e. The number of esters is 1. The van der Waals surface area contributed by atoms with Crippen LogP contribution in [0.4, 0.5) is 0 Å². The van der Waals surface area contributed by atoms with E-state index in [1.165, 1.54) is 263 Å². The smallest absolute Gasteiger partial charge is 0.305 e. The Morgan fingerprint density at radius 3 is 1.11 bits per heavy atom. The van der Waals surface area contributed by atoms with Crippen molar-refractivity contribution in [1.82, 2.24) is 5.32 Å². The van der Waals surface area contributed by atoms with Crippen molar-refractivity contribution in [2.75, 3.05) is 13.2 Å². The lowest BCUT2D eigenvalue weighted by Crippen LogP contribution is -2.45. The second kappa shape index (κ2) is 59.9. The number of nitrogens with one attached hydrogen (secondary N) is 1. The Labute approximate surface area is 437 Å². The van der Waals surface area contributed by atoms with Gasteiger partial charge < -0.3 is 20.3 Å². The molecule has 0 spiro atoms. The van der Waals surface area contributed by atoms with Crippen molar-refractivity contribution in [1.29, 1.82) is 0 Å². The molecule has 414 valence electrons. The van der Waals surface area contributed by atoms with Crippen LogP contribution in [0.1, 0.15) is 348 Å². The van der Waals surface area contributed by atoms with Gasteiger partial charge in [-0.2, -0.15) is 0 Å². The van der Waals surface area contributed by atoms with Crippen LogP contribution >= 0.6 is 0 Å². The minimum atomic E-state index is -0.663. The van der Waals surface area contributed by atoms with Gasteiger partial charge in [-0.15, -0.1) is 0 Å². The van der Waals surface area contributed by atoms with Crippen LogP contribution in [-0.4, -0.2) is 47.4 Å². The first-order valence-corrected chi connectivity index (χ1v) is 31.6. The van der Waals surface area contributed by atoms with Gasteiger partial charge in [0.25, 0.3) is 0 Å². The van der Waals surface area contributed by atoms with E-state index in [4.69, 9.17) is 4.74 Å². The second-order valence-electron chi connectivity index (χ2n) is 21.7.